The fraction of sp³-hybridized carbons (Fsp3) is 0.611. The van der Waals surface area contributed by atoms with Gasteiger partial charge in [0.15, 0.2) is 0 Å². The molecule has 0 aliphatic carbocycles. The van der Waals surface area contributed by atoms with Gasteiger partial charge in [-0.05, 0) is 39.2 Å². The van der Waals surface area contributed by atoms with Crippen molar-refractivity contribution in [1.82, 2.24) is 5.32 Å². The van der Waals surface area contributed by atoms with Crippen molar-refractivity contribution in [2.45, 2.75) is 58.0 Å². The number of hydrogen-bond donors (Lipinski definition) is 1. The van der Waals surface area contributed by atoms with Gasteiger partial charge in [0.2, 0.25) is 0 Å². The molecule has 5 heteroatoms. The van der Waals surface area contributed by atoms with Gasteiger partial charge in [-0.2, -0.15) is 0 Å². The molecule has 1 N–H and O–H groups in total. The number of nitrogens with one attached hydrogen (secondary N) is 1. The first-order chi connectivity index (χ1) is 10.9. The molecule has 1 saturated heterocycles. The van der Waals surface area contributed by atoms with E-state index in [0.717, 1.165) is 18.4 Å². The van der Waals surface area contributed by atoms with E-state index < -0.39 is 5.60 Å². The van der Waals surface area contributed by atoms with E-state index in [4.69, 9.17) is 14.2 Å². The zero-order valence-electron chi connectivity index (χ0n) is 14.2. The highest BCUT2D eigenvalue weighted by Crippen LogP contribution is 2.18. The predicted octanol–water partition coefficient (Wildman–Crippen LogP) is 3.28. The van der Waals surface area contributed by atoms with E-state index in [1.54, 1.807) is 0 Å². The van der Waals surface area contributed by atoms with Crippen LogP contribution in [0.4, 0.5) is 4.79 Å². The van der Waals surface area contributed by atoms with Crippen LogP contribution in [0.15, 0.2) is 30.3 Å². The van der Waals surface area contributed by atoms with E-state index in [1.165, 1.54) is 0 Å². The molecule has 0 aromatic heterocycles. The Morgan fingerprint density at radius 1 is 1.30 bits per heavy atom. The Kier molecular flexibility index (Phi) is 6.42. The summed E-state index contributed by atoms with van der Waals surface area (Å²) in [5.41, 5.74) is 0.668. The van der Waals surface area contributed by atoms with Crippen molar-refractivity contribution in [3.63, 3.8) is 0 Å². The quantitative estimate of drug-likeness (QED) is 0.817. The minimum atomic E-state index is -0.488. The van der Waals surface area contributed by atoms with E-state index in [1.807, 2.05) is 51.1 Å². The summed E-state index contributed by atoms with van der Waals surface area (Å²) >= 11 is 0. The lowest BCUT2D eigenvalue weighted by molar-refractivity contribution is 0.0327. The Morgan fingerprint density at radius 2 is 2.04 bits per heavy atom. The average molecular weight is 321 g/mol. The molecule has 2 rings (SSSR count). The van der Waals surface area contributed by atoms with Gasteiger partial charge in [0.05, 0.1) is 18.8 Å². The molecule has 2 atom stereocenters. The predicted molar refractivity (Wildman–Crippen MR) is 88.2 cm³/mol. The zero-order valence-corrected chi connectivity index (χ0v) is 14.2. The van der Waals surface area contributed by atoms with E-state index in [9.17, 15) is 4.79 Å². The number of carbonyl (C=O) groups excluding carboxylic acids is 1. The normalized spacial score (nSPS) is 21.2. The molecule has 1 aromatic rings. The van der Waals surface area contributed by atoms with Gasteiger partial charge in [-0.1, -0.05) is 30.3 Å². The molecular formula is C18H27NO4. The van der Waals surface area contributed by atoms with Crippen LogP contribution < -0.4 is 5.32 Å². The number of amides is 1. The van der Waals surface area contributed by atoms with Crippen molar-refractivity contribution in [2.75, 3.05) is 13.2 Å². The summed E-state index contributed by atoms with van der Waals surface area (Å²) in [7, 11) is 0. The minimum absolute atomic E-state index is 0.00910. The first-order valence-electron chi connectivity index (χ1n) is 8.17. The summed E-state index contributed by atoms with van der Waals surface area (Å²) in [4.78, 5) is 11.9. The van der Waals surface area contributed by atoms with Gasteiger partial charge in [-0.3, -0.25) is 0 Å². The number of alkyl carbamates (subject to hydrolysis) is 1. The molecule has 5 nitrogen and oxygen atoms in total. The van der Waals surface area contributed by atoms with E-state index in [0.29, 0.717) is 19.8 Å². The lowest BCUT2D eigenvalue weighted by Gasteiger charge is -2.24. The molecular weight excluding hydrogens is 294 g/mol. The van der Waals surface area contributed by atoms with Crippen LogP contribution in [0.1, 0.15) is 39.2 Å². The molecule has 1 amide bonds. The van der Waals surface area contributed by atoms with Crippen molar-refractivity contribution < 1.29 is 19.0 Å². The summed E-state index contributed by atoms with van der Waals surface area (Å²) in [6.07, 6.45) is 1.16. The molecule has 1 aromatic carbocycles. The number of rotatable bonds is 6. The maximum Gasteiger partial charge on any atom is 0.407 e. The second kappa shape index (κ2) is 8.31. The summed E-state index contributed by atoms with van der Waals surface area (Å²) < 4.78 is 16.7. The van der Waals surface area contributed by atoms with Gasteiger partial charge in [-0.15, -0.1) is 0 Å². The van der Waals surface area contributed by atoms with E-state index in [2.05, 4.69) is 5.32 Å². The molecule has 1 heterocycles. The largest absolute Gasteiger partial charge is 0.444 e. The SMILES string of the molecule is CC(C)(C)OC(=O)N[C@@H]1CCO[C@@H]1CCOCc1ccccc1. The third kappa shape index (κ3) is 6.59. The van der Waals surface area contributed by atoms with Crippen LogP contribution in [0.5, 0.6) is 0 Å². The molecule has 0 unspecified atom stereocenters. The lowest BCUT2D eigenvalue weighted by Crippen LogP contribution is -2.43. The van der Waals surface area contributed by atoms with Crippen molar-refractivity contribution in [3.8, 4) is 0 Å². The van der Waals surface area contributed by atoms with Crippen LogP contribution >= 0.6 is 0 Å². The van der Waals surface area contributed by atoms with Gasteiger partial charge >= 0.3 is 6.09 Å². The molecule has 1 fully saturated rings. The first kappa shape index (κ1) is 17.8. The number of ether oxygens (including phenoxy) is 3. The van der Waals surface area contributed by atoms with Crippen molar-refractivity contribution >= 4 is 6.09 Å². The van der Waals surface area contributed by atoms with Gasteiger partial charge in [-0.25, -0.2) is 4.79 Å². The average Bonchev–Trinajstić information content (AvgIpc) is 2.90. The summed E-state index contributed by atoms with van der Waals surface area (Å²) in [5, 5.41) is 2.90. The topological polar surface area (TPSA) is 56.8 Å². The van der Waals surface area contributed by atoms with Gasteiger partial charge in [0, 0.05) is 13.2 Å². The van der Waals surface area contributed by atoms with Crippen LogP contribution in [0.25, 0.3) is 0 Å². The Hall–Kier alpha value is -1.59. The van der Waals surface area contributed by atoms with E-state index >= 15 is 0 Å². The standard InChI is InChI=1S/C18H27NO4/c1-18(2,3)23-17(20)19-15-9-12-22-16(15)10-11-21-13-14-7-5-4-6-8-14/h4-8,15-16H,9-13H2,1-3H3,(H,19,20)/t15-,16-/m1/s1. The molecule has 1 aliphatic heterocycles. The molecule has 23 heavy (non-hydrogen) atoms. The van der Waals surface area contributed by atoms with Gasteiger partial charge in [0.25, 0.3) is 0 Å². The molecule has 0 spiro atoms. The Labute approximate surface area is 138 Å². The highest BCUT2D eigenvalue weighted by Gasteiger charge is 2.30. The Morgan fingerprint density at radius 3 is 2.74 bits per heavy atom. The van der Waals surface area contributed by atoms with Gasteiger partial charge in [0.1, 0.15) is 5.60 Å². The van der Waals surface area contributed by atoms with Crippen LogP contribution in [0, 0.1) is 0 Å². The molecule has 0 radical (unpaired) electrons. The summed E-state index contributed by atoms with van der Waals surface area (Å²) in [6.45, 7) is 7.42. The third-order valence-electron chi connectivity index (χ3n) is 3.57. The second-order valence-electron chi connectivity index (χ2n) is 6.78. The Balaban J connectivity index is 1.69. The number of carbonyl (C=O) groups is 1. The third-order valence-corrected chi connectivity index (χ3v) is 3.57. The minimum Gasteiger partial charge on any atom is -0.444 e. The van der Waals surface area contributed by atoms with Crippen LogP contribution in [-0.2, 0) is 20.8 Å². The molecule has 1 aliphatic rings. The molecule has 128 valence electrons. The van der Waals surface area contributed by atoms with Crippen molar-refractivity contribution in [1.29, 1.82) is 0 Å². The van der Waals surface area contributed by atoms with Crippen LogP contribution in [0.3, 0.4) is 0 Å². The monoisotopic (exact) mass is 321 g/mol. The highest BCUT2D eigenvalue weighted by atomic mass is 16.6. The van der Waals surface area contributed by atoms with Crippen LogP contribution in [0.2, 0.25) is 0 Å². The zero-order chi connectivity index (χ0) is 16.7. The number of benzene rings is 1. The fourth-order valence-corrected chi connectivity index (χ4v) is 2.52. The van der Waals surface area contributed by atoms with Crippen LogP contribution in [-0.4, -0.2) is 37.1 Å². The van der Waals surface area contributed by atoms with Crippen molar-refractivity contribution in [2.24, 2.45) is 0 Å². The lowest BCUT2D eigenvalue weighted by atomic mass is 10.1. The fourth-order valence-electron chi connectivity index (χ4n) is 2.52. The number of hydrogen-bond acceptors (Lipinski definition) is 4. The molecule has 0 bridgehead atoms. The summed E-state index contributed by atoms with van der Waals surface area (Å²) in [5.74, 6) is 0. The maximum atomic E-state index is 11.9. The maximum absolute atomic E-state index is 11.9. The van der Waals surface area contributed by atoms with Crippen molar-refractivity contribution in [3.05, 3.63) is 35.9 Å². The Bertz CT molecular complexity index is 484. The second-order valence-corrected chi connectivity index (χ2v) is 6.78. The van der Waals surface area contributed by atoms with E-state index in [-0.39, 0.29) is 18.2 Å². The summed E-state index contributed by atoms with van der Waals surface area (Å²) in [6, 6.07) is 10.1. The highest BCUT2D eigenvalue weighted by molar-refractivity contribution is 5.68. The smallest absolute Gasteiger partial charge is 0.407 e. The van der Waals surface area contributed by atoms with Gasteiger partial charge < -0.3 is 19.5 Å². The molecule has 0 saturated carbocycles. The first-order valence-corrected chi connectivity index (χ1v) is 8.17.